The number of benzene rings is 3. The minimum atomic E-state index is -4.25. The Bertz CT molecular complexity index is 1540. The van der Waals surface area contributed by atoms with Gasteiger partial charge in [-0.1, -0.05) is 56.0 Å². The Hall–Kier alpha value is -3.44. The summed E-state index contributed by atoms with van der Waals surface area (Å²) in [4.78, 5) is 29.2. The third-order valence-corrected chi connectivity index (χ3v) is 10.3. The summed E-state index contributed by atoms with van der Waals surface area (Å²) in [6.07, 6.45) is 5.27. The van der Waals surface area contributed by atoms with Gasteiger partial charge in [0, 0.05) is 12.6 Å². The molecule has 0 bridgehead atoms. The third kappa shape index (κ3) is 8.18. The van der Waals surface area contributed by atoms with Crippen molar-refractivity contribution in [3.05, 3.63) is 88.1 Å². The zero-order valence-corrected chi connectivity index (χ0v) is 27.7. The summed E-state index contributed by atoms with van der Waals surface area (Å²) < 4.78 is 48.8. The van der Waals surface area contributed by atoms with Crippen LogP contribution in [0.5, 0.6) is 5.75 Å². The molecule has 236 valence electrons. The molecule has 1 saturated carbocycles. The van der Waals surface area contributed by atoms with Gasteiger partial charge < -0.3 is 15.0 Å². The molecule has 3 aromatic carbocycles. The number of carbonyl (C=O) groups is 2. The number of hydrogen-bond acceptors (Lipinski definition) is 5. The van der Waals surface area contributed by atoms with E-state index in [2.05, 4.69) is 21.2 Å². The number of methoxy groups -OCH3 is 1. The fraction of sp³-hybridized carbons (Fsp3) is 0.394. The van der Waals surface area contributed by atoms with Gasteiger partial charge in [0.15, 0.2) is 0 Å². The molecular weight excluding hydrogens is 649 g/mol. The molecular formula is C33H39BrFN3O5S. The van der Waals surface area contributed by atoms with Crippen LogP contribution in [0, 0.1) is 12.7 Å². The van der Waals surface area contributed by atoms with E-state index in [-0.39, 0.29) is 23.4 Å². The lowest BCUT2D eigenvalue weighted by Gasteiger charge is -2.34. The predicted molar refractivity (Wildman–Crippen MR) is 172 cm³/mol. The van der Waals surface area contributed by atoms with E-state index in [1.165, 1.54) is 42.3 Å². The number of rotatable bonds is 12. The summed E-state index contributed by atoms with van der Waals surface area (Å²) in [6, 6.07) is 16.1. The van der Waals surface area contributed by atoms with Crippen LogP contribution >= 0.6 is 15.9 Å². The van der Waals surface area contributed by atoms with E-state index >= 15 is 0 Å². The van der Waals surface area contributed by atoms with Crippen molar-refractivity contribution in [1.29, 1.82) is 0 Å². The fourth-order valence-electron chi connectivity index (χ4n) is 5.42. The van der Waals surface area contributed by atoms with E-state index in [4.69, 9.17) is 4.74 Å². The van der Waals surface area contributed by atoms with Gasteiger partial charge in [-0.25, -0.2) is 12.8 Å². The van der Waals surface area contributed by atoms with Gasteiger partial charge >= 0.3 is 0 Å². The number of carbonyl (C=O) groups excluding carboxylic acids is 2. The van der Waals surface area contributed by atoms with Gasteiger partial charge in [-0.3, -0.25) is 13.9 Å². The first-order valence-corrected chi connectivity index (χ1v) is 17.0. The highest BCUT2D eigenvalue weighted by molar-refractivity contribution is 9.10. The molecule has 1 aliphatic rings. The van der Waals surface area contributed by atoms with Crippen LogP contribution in [0.2, 0.25) is 0 Å². The van der Waals surface area contributed by atoms with E-state index < -0.39 is 34.3 Å². The van der Waals surface area contributed by atoms with Gasteiger partial charge in [0.25, 0.3) is 10.0 Å². The van der Waals surface area contributed by atoms with Crippen LogP contribution in [0.4, 0.5) is 10.1 Å². The molecule has 0 saturated heterocycles. The van der Waals surface area contributed by atoms with Gasteiger partial charge in [-0.2, -0.15) is 0 Å². The second-order valence-electron chi connectivity index (χ2n) is 11.1. The van der Waals surface area contributed by atoms with Crippen molar-refractivity contribution in [3.63, 3.8) is 0 Å². The fourth-order valence-corrected chi connectivity index (χ4v) is 7.56. The lowest BCUT2D eigenvalue weighted by molar-refractivity contribution is -0.140. The number of anilines is 1. The third-order valence-electron chi connectivity index (χ3n) is 7.92. The van der Waals surface area contributed by atoms with Crippen molar-refractivity contribution in [3.8, 4) is 5.75 Å². The van der Waals surface area contributed by atoms with Crippen molar-refractivity contribution >= 4 is 43.5 Å². The van der Waals surface area contributed by atoms with Gasteiger partial charge in [-0.15, -0.1) is 0 Å². The zero-order chi connectivity index (χ0) is 31.9. The maximum atomic E-state index is 14.2. The molecule has 0 spiro atoms. The molecule has 0 aromatic heterocycles. The summed E-state index contributed by atoms with van der Waals surface area (Å²) in [5.74, 6) is -0.798. The summed E-state index contributed by atoms with van der Waals surface area (Å²) in [5.41, 5.74) is 1.85. The van der Waals surface area contributed by atoms with E-state index in [1.807, 2.05) is 13.8 Å². The standard InChI is InChI=1S/C33H39BrFN3O5S/c1-4-30(33(40)36-26-8-6-5-7-9-26)37(21-24-12-14-25(35)15-13-24)32(39)22-38(27-16-10-23(2)11-17-27)44(41,42)28-18-19-31(43-3)29(34)20-28/h10-20,26,30H,4-9,21-22H2,1-3H3,(H,36,40)/t30-/m1/s1. The monoisotopic (exact) mass is 687 g/mol. The van der Waals surface area contributed by atoms with Gasteiger partial charge in [0.05, 0.1) is 22.2 Å². The van der Waals surface area contributed by atoms with E-state index in [0.29, 0.717) is 27.9 Å². The number of amides is 2. The second-order valence-corrected chi connectivity index (χ2v) is 13.8. The SMILES string of the molecule is CC[C@H](C(=O)NC1CCCCC1)N(Cc1ccc(F)cc1)C(=O)CN(c1ccc(C)cc1)S(=O)(=O)c1ccc(OC)c(Br)c1. The molecule has 0 heterocycles. The molecule has 2 amide bonds. The predicted octanol–water partition coefficient (Wildman–Crippen LogP) is 6.36. The van der Waals surface area contributed by atoms with Crippen LogP contribution < -0.4 is 14.4 Å². The topological polar surface area (TPSA) is 96.0 Å². The van der Waals surface area contributed by atoms with Crippen molar-refractivity contribution in [2.45, 2.75) is 75.9 Å². The Kier molecular flexibility index (Phi) is 11.4. The van der Waals surface area contributed by atoms with E-state index in [9.17, 15) is 22.4 Å². The number of nitrogens with zero attached hydrogens (tertiary/aromatic N) is 2. The zero-order valence-electron chi connectivity index (χ0n) is 25.3. The Labute approximate surface area is 267 Å². The number of aryl methyl sites for hydroxylation is 1. The number of ether oxygens (including phenoxy) is 1. The lowest BCUT2D eigenvalue weighted by Crippen LogP contribution is -2.54. The average Bonchev–Trinajstić information content (AvgIpc) is 3.01. The number of hydrogen-bond donors (Lipinski definition) is 1. The van der Waals surface area contributed by atoms with Crippen LogP contribution in [-0.2, 0) is 26.2 Å². The molecule has 1 aliphatic carbocycles. The second kappa shape index (κ2) is 15.0. The molecule has 3 aromatic rings. The van der Waals surface area contributed by atoms with Gasteiger partial charge in [0.1, 0.15) is 24.2 Å². The minimum Gasteiger partial charge on any atom is -0.496 e. The first-order chi connectivity index (χ1) is 21.0. The smallest absolute Gasteiger partial charge is 0.264 e. The Morgan fingerprint density at radius 1 is 1.02 bits per heavy atom. The van der Waals surface area contributed by atoms with E-state index in [0.717, 1.165) is 42.0 Å². The summed E-state index contributed by atoms with van der Waals surface area (Å²) in [5, 5.41) is 3.12. The van der Waals surface area contributed by atoms with Crippen LogP contribution in [0.3, 0.4) is 0 Å². The maximum Gasteiger partial charge on any atom is 0.264 e. The molecule has 1 N–H and O–H groups in total. The summed E-state index contributed by atoms with van der Waals surface area (Å²) in [6.45, 7) is 3.16. The number of nitrogens with one attached hydrogen (secondary N) is 1. The van der Waals surface area contributed by atoms with Crippen LogP contribution in [-0.4, -0.2) is 50.9 Å². The molecule has 44 heavy (non-hydrogen) atoms. The lowest BCUT2D eigenvalue weighted by atomic mass is 9.95. The number of sulfonamides is 1. The van der Waals surface area contributed by atoms with Crippen molar-refractivity contribution in [2.75, 3.05) is 18.0 Å². The summed E-state index contributed by atoms with van der Waals surface area (Å²) >= 11 is 3.36. The van der Waals surface area contributed by atoms with Crippen LogP contribution in [0.1, 0.15) is 56.6 Å². The van der Waals surface area contributed by atoms with Crippen molar-refractivity contribution in [2.24, 2.45) is 0 Å². The van der Waals surface area contributed by atoms with Gasteiger partial charge in [-0.05, 0) is 90.1 Å². The minimum absolute atomic E-state index is 0.00553. The van der Waals surface area contributed by atoms with Crippen molar-refractivity contribution in [1.82, 2.24) is 10.2 Å². The average molecular weight is 689 g/mol. The molecule has 0 aliphatic heterocycles. The normalized spacial score (nSPS) is 14.5. The number of halogens is 2. The first kappa shape index (κ1) is 33.5. The van der Waals surface area contributed by atoms with Crippen LogP contribution in [0.25, 0.3) is 0 Å². The Morgan fingerprint density at radius 3 is 2.27 bits per heavy atom. The molecule has 8 nitrogen and oxygen atoms in total. The quantitative estimate of drug-likeness (QED) is 0.239. The molecule has 4 rings (SSSR count). The highest BCUT2D eigenvalue weighted by Gasteiger charge is 2.34. The highest BCUT2D eigenvalue weighted by atomic mass is 79.9. The van der Waals surface area contributed by atoms with Crippen molar-refractivity contribution < 1.29 is 27.1 Å². The van der Waals surface area contributed by atoms with Gasteiger partial charge in [0.2, 0.25) is 11.8 Å². The Balaban J connectivity index is 1.71. The summed E-state index contributed by atoms with van der Waals surface area (Å²) in [7, 11) is -2.76. The largest absolute Gasteiger partial charge is 0.496 e. The Morgan fingerprint density at radius 2 is 1.68 bits per heavy atom. The highest BCUT2D eigenvalue weighted by Crippen LogP contribution is 2.31. The molecule has 0 radical (unpaired) electrons. The molecule has 1 fully saturated rings. The molecule has 0 unspecified atom stereocenters. The van der Waals surface area contributed by atoms with E-state index in [1.54, 1.807) is 36.4 Å². The molecule has 11 heteroatoms. The molecule has 1 atom stereocenters. The maximum absolute atomic E-state index is 14.2. The van der Waals surface area contributed by atoms with Crippen LogP contribution in [0.15, 0.2) is 76.1 Å². The first-order valence-electron chi connectivity index (χ1n) is 14.8.